The summed E-state index contributed by atoms with van der Waals surface area (Å²) in [4.78, 5) is 3.33. The number of H-pyrrole nitrogens is 1. The zero-order valence-corrected chi connectivity index (χ0v) is 18.1. The van der Waals surface area contributed by atoms with Crippen molar-refractivity contribution in [3.8, 4) is 22.8 Å². The molecule has 5 rings (SSSR count). The number of aromatic nitrogens is 4. The Hall–Kier alpha value is -3.22. The molecule has 5 nitrogen and oxygen atoms in total. The van der Waals surface area contributed by atoms with Crippen LogP contribution in [0.4, 0.5) is 0 Å². The molecule has 0 atom stereocenters. The number of rotatable bonds is 7. The molecule has 0 saturated carbocycles. The minimum atomic E-state index is 0.574. The van der Waals surface area contributed by atoms with Crippen LogP contribution in [0.1, 0.15) is 0 Å². The summed E-state index contributed by atoms with van der Waals surface area (Å²) in [7, 11) is 0. The normalized spacial score (nSPS) is 11.1. The van der Waals surface area contributed by atoms with Crippen molar-refractivity contribution in [2.24, 2.45) is 0 Å². The van der Waals surface area contributed by atoms with Crippen LogP contribution in [-0.2, 0) is 0 Å². The van der Waals surface area contributed by atoms with Crippen LogP contribution in [0.15, 0.2) is 90.2 Å². The third-order valence-corrected chi connectivity index (χ3v) is 6.02. The minimum Gasteiger partial charge on any atom is -0.493 e. The molecule has 3 aromatic carbocycles. The van der Waals surface area contributed by atoms with Crippen molar-refractivity contribution in [3.63, 3.8) is 0 Å². The van der Waals surface area contributed by atoms with Gasteiger partial charge in [0.05, 0.1) is 6.61 Å². The summed E-state index contributed by atoms with van der Waals surface area (Å²) in [5.74, 6) is 2.39. The van der Waals surface area contributed by atoms with Crippen LogP contribution in [0.25, 0.3) is 28.0 Å². The van der Waals surface area contributed by atoms with Gasteiger partial charge in [-0.25, -0.2) is 0 Å². The molecule has 0 amide bonds. The lowest BCUT2D eigenvalue weighted by Crippen LogP contribution is -2.03. The Labute approximate surface area is 189 Å². The number of nitrogens with zero attached hydrogens (tertiary/aromatic N) is 3. The van der Waals surface area contributed by atoms with E-state index in [9.17, 15) is 0 Å². The molecule has 0 aliphatic rings. The van der Waals surface area contributed by atoms with Gasteiger partial charge in [-0.3, -0.25) is 4.57 Å². The molecule has 0 aliphatic carbocycles. The molecule has 5 aromatic rings. The maximum Gasteiger partial charge on any atom is 0.196 e. The van der Waals surface area contributed by atoms with E-state index in [0.717, 1.165) is 44.6 Å². The van der Waals surface area contributed by atoms with Crippen LogP contribution in [0.3, 0.4) is 0 Å². The summed E-state index contributed by atoms with van der Waals surface area (Å²) in [6, 6.07) is 25.7. The summed E-state index contributed by atoms with van der Waals surface area (Å²) >= 11 is 7.73. The van der Waals surface area contributed by atoms with Crippen LogP contribution in [0.2, 0.25) is 5.02 Å². The molecule has 2 aromatic heterocycles. The summed E-state index contributed by atoms with van der Waals surface area (Å²) in [5.41, 5.74) is 3.03. The Morgan fingerprint density at radius 3 is 2.52 bits per heavy atom. The Bertz CT molecular complexity index is 1300. The first-order chi connectivity index (χ1) is 15.3. The van der Waals surface area contributed by atoms with Crippen molar-refractivity contribution >= 4 is 34.3 Å². The van der Waals surface area contributed by atoms with Crippen molar-refractivity contribution in [1.29, 1.82) is 0 Å². The highest BCUT2D eigenvalue weighted by Gasteiger charge is 2.18. The predicted octanol–water partition coefficient (Wildman–Crippen LogP) is 6.24. The van der Waals surface area contributed by atoms with Gasteiger partial charge >= 0.3 is 0 Å². The summed E-state index contributed by atoms with van der Waals surface area (Å²) in [6.45, 7) is 0.574. The van der Waals surface area contributed by atoms with Gasteiger partial charge in [-0.15, -0.1) is 10.2 Å². The van der Waals surface area contributed by atoms with E-state index in [4.69, 9.17) is 16.3 Å². The number of aromatic amines is 1. The third-order valence-electron chi connectivity index (χ3n) is 4.87. The summed E-state index contributed by atoms with van der Waals surface area (Å²) < 4.78 is 7.89. The molecule has 0 unspecified atom stereocenters. The van der Waals surface area contributed by atoms with Gasteiger partial charge in [-0.05, 0) is 42.5 Å². The van der Waals surface area contributed by atoms with E-state index in [1.54, 1.807) is 11.8 Å². The quantitative estimate of drug-likeness (QED) is 0.237. The molecule has 0 fully saturated rings. The van der Waals surface area contributed by atoms with Crippen molar-refractivity contribution in [3.05, 3.63) is 90.1 Å². The molecule has 2 heterocycles. The van der Waals surface area contributed by atoms with Crippen LogP contribution in [0, 0.1) is 0 Å². The fraction of sp³-hybridized carbons (Fsp3) is 0.0833. The topological polar surface area (TPSA) is 55.7 Å². The van der Waals surface area contributed by atoms with Gasteiger partial charge in [0.25, 0.3) is 0 Å². The van der Waals surface area contributed by atoms with Gasteiger partial charge in [-0.1, -0.05) is 59.8 Å². The fourth-order valence-electron chi connectivity index (χ4n) is 3.43. The van der Waals surface area contributed by atoms with E-state index in [2.05, 4.69) is 31.9 Å². The number of para-hydroxylation sites is 2. The third kappa shape index (κ3) is 4.17. The Morgan fingerprint density at radius 1 is 0.903 bits per heavy atom. The monoisotopic (exact) mass is 446 g/mol. The molecule has 0 aliphatic heterocycles. The second kappa shape index (κ2) is 8.88. The fourth-order valence-corrected chi connectivity index (χ4v) is 4.32. The van der Waals surface area contributed by atoms with E-state index in [1.165, 1.54) is 0 Å². The molecule has 0 bridgehead atoms. The Kier molecular flexibility index (Phi) is 5.65. The van der Waals surface area contributed by atoms with E-state index in [1.807, 2.05) is 72.9 Å². The highest BCUT2D eigenvalue weighted by atomic mass is 35.5. The summed E-state index contributed by atoms with van der Waals surface area (Å²) in [5, 5.41) is 11.6. The van der Waals surface area contributed by atoms with Gasteiger partial charge in [0.2, 0.25) is 0 Å². The van der Waals surface area contributed by atoms with E-state index in [-0.39, 0.29) is 0 Å². The van der Waals surface area contributed by atoms with Crippen molar-refractivity contribution in [2.45, 2.75) is 5.16 Å². The zero-order chi connectivity index (χ0) is 21.0. The number of fused-ring (bicyclic) bond motifs is 1. The highest BCUT2D eigenvalue weighted by molar-refractivity contribution is 7.99. The smallest absolute Gasteiger partial charge is 0.196 e. The Balaban J connectivity index is 1.46. The maximum atomic E-state index is 6.12. The number of ether oxygens (including phenoxy) is 1. The van der Waals surface area contributed by atoms with E-state index in [0.29, 0.717) is 11.6 Å². The van der Waals surface area contributed by atoms with E-state index < -0.39 is 0 Å². The van der Waals surface area contributed by atoms with Crippen LogP contribution < -0.4 is 4.74 Å². The SMILES string of the molecule is Clc1ccc(-n2c(SCCOc3ccccc3)nnc2-c2c[nH]c3ccccc23)cc1. The van der Waals surface area contributed by atoms with E-state index >= 15 is 0 Å². The molecule has 0 radical (unpaired) electrons. The minimum absolute atomic E-state index is 0.574. The summed E-state index contributed by atoms with van der Waals surface area (Å²) in [6.07, 6.45) is 1.98. The molecule has 0 spiro atoms. The standard InChI is InChI=1S/C24H19ClN4OS/c25-17-10-12-18(13-11-17)29-23(21-16-26-22-9-5-4-8-20(21)22)27-28-24(29)31-15-14-30-19-6-2-1-3-7-19/h1-13,16,26H,14-15H2. The van der Waals surface area contributed by atoms with Gasteiger partial charge in [0.1, 0.15) is 5.75 Å². The second-order valence-corrected chi connectivity index (χ2v) is 8.37. The van der Waals surface area contributed by atoms with Gasteiger partial charge in [-0.2, -0.15) is 0 Å². The Morgan fingerprint density at radius 2 is 1.68 bits per heavy atom. The first-order valence-electron chi connectivity index (χ1n) is 9.88. The lowest BCUT2D eigenvalue weighted by molar-refractivity contribution is 0.344. The van der Waals surface area contributed by atoms with Gasteiger partial charge in [0.15, 0.2) is 11.0 Å². The first kappa shape index (κ1) is 19.7. The van der Waals surface area contributed by atoms with Crippen molar-refractivity contribution in [1.82, 2.24) is 19.7 Å². The second-order valence-electron chi connectivity index (χ2n) is 6.88. The highest BCUT2D eigenvalue weighted by Crippen LogP contribution is 2.32. The van der Waals surface area contributed by atoms with Gasteiger partial charge in [0, 0.05) is 39.1 Å². The molecule has 154 valence electrons. The average molecular weight is 447 g/mol. The number of thioether (sulfide) groups is 1. The molecular weight excluding hydrogens is 428 g/mol. The number of hydrogen-bond acceptors (Lipinski definition) is 4. The number of hydrogen-bond donors (Lipinski definition) is 1. The zero-order valence-electron chi connectivity index (χ0n) is 16.5. The maximum absolute atomic E-state index is 6.12. The molecule has 0 saturated heterocycles. The van der Waals surface area contributed by atoms with Crippen molar-refractivity contribution in [2.75, 3.05) is 12.4 Å². The number of halogens is 1. The lowest BCUT2D eigenvalue weighted by atomic mass is 10.1. The molecular formula is C24H19ClN4OS. The molecule has 7 heteroatoms. The van der Waals surface area contributed by atoms with Crippen LogP contribution >= 0.6 is 23.4 Å². The number of benzene rings is 3. The lowest BCUT2D eigenvalue weighted by Gasteiger charge is -2.10. The van der Waals surface area contributed by atoms with Crippen LogP contribution in [0.5, 0.6) is 5.75 Å². The first-order valence-corrected chi connectivity index (χ1v) is 11.2. The average Bonchev–Trinajstić information content (AvgIpc) is 3.42. The molecule has 31 heavy (non-hydrogen) atoms. The predicted molar refractivity (Wildman–Crippen MR) is 126 cm³/mol. The van der Waals surface area contributed by atoms with Gasteiger partial charge < -0.3 is 9.72 Å². The van der Waals surface area contributed by atoms with Crippen LogP contribution in [-0.4, -0.2) is 32.1 Å². The largest absolute Gasteiger partial charge is 0.493 e. The van der Waals surface area contributed by atoms with Crippen molar-refractivity contribution < 1.29 is 4.74 Å². The molecule has 1 N–H and O–H groups in total. The number of nitrogens with one attached hydrogen (secondary N) is 1.